The molecule has 1 fully saturated rings. The van der Waals surface area contributed by atoms with E-state index in [1.807, 2.05) is 23.1 Å². The van der Waals surface area contributed by atoms with Crippen LogP contribution in [0.25, 0.3) is 0 Å². The Morgan fingerprint density at radius 1 is 0.970 bits per heavy atom. The molecule has 2 heterocycles. The molecule has 33 heavy (non-hydrogen) atoms. The summed E-state index contributed by atoms with van der Waals surface area (Å²) in [5.74, 6) is -0.0103. The van der Waals surface area contributed by atoms with Crippen molar-refractivity contribution in [3.63, 3.8) is 0 Å². The fourth-order valence-electron chi connectivity index (χ4n) is 5.42. The first-order valence-corrected chi connectivity index (χ1v) is 13.8. The van der Waals surface area contributed by atoms with Crippen LogP contribution in [0.1, 0.15) is 49.8 Å². The lowest BCUT2D eigenvalue weighted by atomic mass is 10.1. The van der Waals surface area contributed by atoms with Crippen LogP contribution >= 0.6 is 0 Å². The maximum Gasteiger partial charge on any atom is 0.223 e. The highest BCUT2D eigenvalue weighted by Crippen LogP contribution is 2.33. The van der Waals surface area contributed by atoms with E-state index in [2.05, 4.69) is 42.2 Å². The molecule has 2 aliphatic rings. The van der Waals surface area contributed by atoms with Crippen molar-refractivity contribution in [2.45, 2.75) is 64.7 Å². The third kappa shape index (κ3) is 5.48. The second-order valence-corrected chi connectivity index (χ2v) is 11.3. The lowest BCUT2D eigenvalue weighted by Gasteiger charge is -2.32. The highest BCUT2D eigenvalue weighted by atomic mass is 32.2. The van der Waals surface area contributed by atoms with Gasteiger partial charge in [-0.1, -0.05) is 49.4 Å². The van der Waals surface area contributed by atoms with Crippen LogP contribution in [0.15, 0.2) is 48.5 Å². The van der Waals surface area contributed by atoms with Crippen molar-refractivity contribution in [1.82, 2.24) is 9.21 Å². The molecule has 6 nitrogen and oxygen atoms in total. The monoisotopic (exact) mass is 469 g/mol. The van der Waals surface area contributed by atoms with Crippen molar-refractivity contribution in [3.8, 4) is 0 Å². The number of carbonyl (C=O) groups excluding carboxylic acids is 1. The molecule has 2 bridgehead atoms. The van der Waals surface area contributed by atoms with Crippen LogP contribution < -0.4 is 4.90 Å². The SMILES string of the molecule is CCc1ccc(CN2Cc3ccccc3N(C(C)=O)CC[C@H]3CC[C@@H](C2)N3S(C)(=O)=O)cc1. The van der Waals surface area contributed by atoms with Gasteiger partial charge >= 0.3 is 0 Å². The van der Waals surface area contributed by atoms with E-state index in [0.29, 0.717) is 26.1 Å². The molecule has 1 amide bonds. The van der Waals surface area contributed by atoms with Gasteiger partial charge in [0.1, 0.15) is 0 Å². The molecule has 0 aliphatic carbocycles. The maximum atomic E-state index is 12.8. The van der Waals surface area contributed by atoms with Crippen molar-refractivity contribution in [2.75, 3.05) is 24.2 Å². The van der Waals surface area contributed by atoms with Crippen molar-refractivity contribution in [3.05, 3.63) is 65.2 Å². The van der Waals surface area contributed by atoms with Crippen LogP contribution in [0.2, 0.25) is 0 Å². The van der Waals surface area contributed by atoms with Crippen LogP contribution in [-0.2, 0) is 34.3 Å². The predicted molar refractivity (Wildman–Crippen MR) is 133 cm³/mol. The number of hydrogen-bond donors (Lipinski definition) is 0. The molecule has 0 saturated carbocycles. The molecule has 0 unspecified atom stereocenters. The minimum Gasteiger partial charge on any atom is -0.312 e. The zero-order chi connectivity index (χ0) is 23.6. The molecule has 2 aliphatic heterocycles. The van der Waals surface area contributed by atoms with Gasteiger partial charge in [0.2, 0.25) is 15.9 Å². The van der Waals surface area contributed by atoms with Gasteiger partial charge in [-0.25, -0.2) is 8.42 Å². The Bertz CT molecular complexity index is 1080. The van der Waals surface area contributed by atoms with Crippen molar-refractivity contribution in [1.29, 1.82) is 0 Å². The van der Waals surface area contributed by atoms with Crippen LogP contribution in [0.5, 0.6) is 0 Å². The van der Waals surface area contributed by atoms with E-state index >= 15 is 0 Å². The zero-order valence-electron chi connectivity index (χ0n) is 19.9. The predicted octanol–water partition coefficient (Wildman–Crippen LogP) is 3.80. The Kier molecular flexibility index (Phi) is 7.22. The second kappa shape index (κ2) is 9.95. The summed E-state index contributed by atoms with van der Waals surface area (Å²) in [6, 6.07) is 16.6. The largest absolute Gasteiger partial charge is 0.312 e. The fourth-order valence-corrected chi connectivity index (χ4v) is 6.88. The van der Waals surface area contributed by atoms with Crippen LogP contribution in [0.4, 0.5) is 5.69 Å². The molecule has 0 spiro atoms. The van der Waals surface area contributed by atoms with Gasteiger partial charge in [-0.15, -0.1) is 0 Å². The second-order valence-electron chi connectivity index (χ2n) is 9.41. The summed E-state index contributed by atoms with van der Waals surface area (Å²) in [4.78, 5) is 16.8. The molecule has 7 heteroatoms. The van der Waals surface area contributed by atoms with E-state index in [0.717, 1.165) is 37.1 Å². The number of anilines is 1. The summed E-state index contributed by atoms with van der Waals surface area (Å²) in [6.07, 6.45) is 4.67. The van der Waals surface area contributed by atoms with E-state index in [-0.39, 0.29) is 18.0 Å². The Balaban J connectivity index is 1.72. The summed E-state index contributed by atoms with van der Waals surface area (Å²) in [5.41, 5.74) is 4.55. The highest BCUT2D eigenvalue weighted by molar-refractivity contribution is 7.88. The molecule has 2 aromatic rings. The third-order valence-corrected chi connectivity index (χ3v) is 8.35. The number of benzene rings is 2. The van der Waals surface area contributed by atoms with Crippen LogP contribution in [0.3, 0.4) is 0 Å². The first-order valence-electron chi connectivity index (χ1n) is 11.9. The van der Waals surface area contributed by atoms with Crippen LogP contribution in [-0.4, -0.2) is 55.0 Å². The average molecular weight is 470 g/mol. The van der Waals surface area contributed by atoms with Gasteiger partial charge in [0.05, 0.1) is 6.26 Å². The van der Waals surface area contributed by atoms with E-state index in [1.54, 1.807) is 11.2 Å². The molecule has 4 rings (SSSR count). The Morgan fingerprint density at radius 3 is 2.30 bits per heavy atom. The topological polar surface area (TPSA) is 60.9 Å². The normalized spacial score (nSPS) is 22.6. The van der Waals surface area contributed by atoms with E-state index in [9.17, 15) is 13.2 Å². The molecule has 2 aromatic carbocycles. The minimum absolute atomic E-state index is 0.0103. The number of sulfonamides is 1. The Morgan fingerprint density at radius 2 is 1.64 bits per heavy atom. The quantitative estimate of drug-likeness (QED) is 0.683. The maximum absolute atomic E-state index is 12.8. The molecule has 0 radical (unpaired) electrons. The smallest absolute Gasteiger partial charge is 0.223 e. The summed E-state index contributed by atoms with van der Waals surface area (Å²) in [7, 11) is -3.35. The van der Waals surface area contributed by atoms with E-state index in [1.165, 1.54) is 17.4 Å². The first-order chi connectivity index (χ1) is 15.8. The zero-order valence-corrected chi connectivity index (χ0v) is 20.7. The average Bonchev–Trinajstić information content (AvgIpc) is 3.16. The molecular weight excluding hydrogens is 434 g/mol. The molecule has 0 N–H and O–H groups in total. The molecule has 0 aromatic heterocycles. The Labute approximate surface area is 198 Å². The number of para-hydroxylation sites is 1. The first kappa shape index (κ1) is 23.9. The van der Waals surface area contributed by atoms with Crippen LogP contribution in [0, 0.1) is 0 Å². The van der Waals surface area contributed by atoms with Gasteiger partial charge in [0, 0.05) is 50.9 Å². The highest BCUT2D eigenvalue weighted by Gasteiger charge is 2.40. The standard InChI is InChI=1S/C26H35N3O3S/c1-4-21-9-11-22(12-10-21)17-27-18-23-7-5-6-8-26(23)28(20(2)30)16-15-24-13-14-25(19-27)29(24)33(3,31)32/h5-12,24-25H,4,13-19H2,1-3H3/t24-,25+/m1/s1. The lowest BCUT2D eigenvalue weighted by molar-refractivity contribution is -0.116. The third-order valence-electron chi connectivity index (χ3n) is 6.98. The number of hydrogen-bond acceptors (Lipinski definition) is 4. The van der Waals surface area contributed by atoms with E-state index in [4.69, 9.17) is 0 Å². The van der Waals surface area contributed by atoms with Gasteiger partial charge in [-0.2, -0.15) is 4.31 Å². The number of carbonyl (C=O) groups is 1. The summed E-state index contributed by atoms with van der Waals surface area (Å²) >= 11 is 0. The number of amides is 1. The number of nitrogens with zero attached hydrogens (tertiary/aromatic N) is 3. The number of aryl methyl sites for hydroxylation is 1. The van der Waals surface area contributed by atoms with Gasteiger partial charge < -0.3 is 4.90 Å². The summed E-state index contributed by atoms with van der Waals surface area (Å²) in [6.45, 7) is 6.33. The molecule has 1 saturated heterocycles. The van der Waals surface area contributed by atoms with Crippen molar-refractivity contribution in [2.24, 2.45) is 0 Å². The summed E-state index contributed by atoms with van der Waals surface area (Å²) < 4.78 is 27.3. The van der Waals surface area contributed by atoms with Crippen molar-refractivity contribution < 1.29 is 13.2 Å². The van der Waals surface area contributed by atoms with Gasteiger partial charge in [0.25, 0.3) is 0 Å². The molecule has 178 valence electrons. The lowest BCUT2D eigenvalue weighted by Crippen LogP contribution is -2.46. The minimum atomic E-state index is -3.35. The molecule has 2 atom stereocenters. The van der Waals surface area contributed by atoms with Gasteiger partial charge in [0.15, 0.2) is 0 Å². The number of fused-ring (bicyclic) bond motifs is 3. The summed E-state index contributed by atoms with van der Waals surface area (Å²) in [5, 5.41) is 0. The van der Waals surface area contributed by atoms with Gasteiger partial charge in [-0.05, 0) is 48.4 Å². The Hall–Kier alpha value is -2.22. The van der Waals surface area contributed by atoms with E-state index < -0.39 is 10.0 Å². The molecular formula is C26H35N3O3S. The van der Waals surface area contributed by atoms with Crippen molar-refractivity contribution >= 4 is 21.6 Å². The fraction of sp³-hybridized carbons (Fsp3) is 0.500. The van der Waals surface area contributed by atoms with Gasteiger partial charge in [-0.3, -0.25) is 9.69 Å². The number of rotatable bonds is 4.